The number of carbonyl (C=O) groups excluding carboxylic acids is 1. The number of aryl methyl sites for hydroxylation is 1. The van der Waals surface area contributed by atoms with Crippen LogP contribution in [0.15, 0.2) is 6.07 Å². The number of aromatic nitrogens is 2. The molecule has 7 heteroatoms. The van der Waals surface area contributed by atoms with Gasteiger partial charge in [-0.1, -0.05) is 0 Å². The smallest absolute Gasteiger partial charge is 0.274 e. The van der Waals surface area contributed by atoms with Crippen LogP contribution in [0, 0.1) is 4.78 Å². The Morgan fingerprint density at radius 1 is 1.42 bits per heavy atom. The minimum atomic E-state index is -2.55. The van der Waals surface area contributed by atoms with E-state index in [0.29, 0.717) is 29.7 Å². The fraction of sp³-hybridized carbons (Fsp3) is 0.765. The molecule has 1 saturated carbocycles. The highest BCUT2D eigenvalue weighted by molar-refractivity contribution is 7.92. The van der Waals surface area contributed by atoms with Gasteiger partial charge in [-0.3, -0.25) is 14.3 Å². The number of rotatable bonds is 3. The number of amides is 1. The highest BCUT2D eigenvalue weighted by Gasteiger charge is 2.48. The van der Waals surface area contributed by atoms with E-state index >= 15 is 0 Å². The van der Waals surface area contributed by atoms with Crippen LogP contribution in [0.1, 0.15) is 67.5 Å². The van der Waals surface area contributed by atoms with Crippen molar-refractivity contribution in [2.75, 3.05) is 18.1 Å². The van der Waals surface area contributed by atoms with Crippen molar-refractivity contribution in [1.82, 2.24) is 14.7 Å². The Bertz CT molecular complexity index is 766. The zero-order valence-electron chi connectivity index (χ0n) is 14.3. The van der Waals surface area contributed by atoms with E-state index in [-0.39, 0.29) is 11.4 Å². The Hall–Kier alpha value is -1.37. The zero-order chi connectivity index (χ0) is 16.9. The summed E-state index contributed by atoms with van der Waals surface area (Å²) in [6, 6.07) is 1.97. The quantitative estimate of drug-likeness (QED) is 0.910. The molecule has 6 nitrogen and oxygen atoms in total. The van der Waals surface area contributed by atoms with Gasteiger partial charge in [0.05, 0.1) is 11.3 Å². The van der Waals surface area contributed by atoms with Crippen LogP contribution in [0.3, 0.4) is 0 Å². The molecule has 1 amide bonds. The average molecular weight is 350 g/mol. The molecular formula is C17H26N4O2S. The zero-order valence-corrected chi connectivity index (χ0v) is 15.1. The van der Waals surface area contributed by atoms with Crippen LogP contribution < -0.4 is 0 Å². The molecule has 0 bridgehead atoms. The van der Waals surface area contributed by atoms with Gasteiger partial charge in [-0.15, -0.1) is 0 Å². The predicted molar refractivity (Wildman–Crippen MR) is 92.7 cm³/mol. The van der Waals surface area contributed by atoms with Gasteiger partial charge in [-0.2, -0.15) is 5.10 Å². The van der Waals surface area contributed by atoms with Crippen molar-refractivity contribution >= 4 is 15.6 Å². The maximum absolute atomic E-state index is 13.2. The molecule has 132 valence electrons. The molecule has 2 saturated heterocycles. The normalized spacial score (nSPS) is 33.3. The molecule has 1 aromatic rings. The second-order valence-electron chi connectivity index (χ2n) is 7.59. The van der Waals surface area contributed by atoms with E-state index in [1.54, 1.807) is 0 Å². The summed E-state index contributed by atoms with van der Waals surface area (Å²) < 4.78 is 22.4. The maximum Gasteiger partial charge on any atom is 0.274 e. The fourth-order valence-corrected chi connectivity index (χ4v) is 6.58. The lowest BCUT2D eigenvalue weighted by Gasteiger charge is -2.41. The van der Waals surface area contributed by atoms with E-state index in [9.17, 15) is 9.00 Å². The van der Waals surface area contributed by atoms with Crippen molar-refractivity contribution in [3.63, 3.8) is 0 Å². The predicted octanol–water partition coefficient (Wildman–Crippen LogP) is 2.60. The first-order chi connectivity index (χ1) is 11.4. The lowest BCUT2D eigenvalue weighted by molar-refractivity contribution is 0.0601. The van der Waals surface area contributed by atoms with Crippen LogP contribution in [-0.2, 0) is 16.3 Å². The lowest BCUT2D eigenvalue weighted by atomic mass is 9.92. The number of nitrogens with zero attached hydrogens (tertiary/aromatic N) is 3. The molecule has 1 N–H and O–H groups in total. The summed E-state index contributed by atoms with van der Waals surface area (Å²) >= 11 is 0. The van der Waals surface area contributed by atoms with Crippen molar-refractivity contribution in [1.29, 1.82) is 4.78 Å². The first-order valence-corrected chi connectivity index (χ1v) is 11.0. The van der Waals surface area contributed by atoms with Gasteiger partial charge < -0.3 is 4.90 Å². The number of carbonyl (C=O) groups is 1. The van der Waals surface area contributed by atoms with E-state index in [2.05, 4.69) is 12.0 Å². The highest BCUT2D eigenvalue weighted by atomic mass is 32.2. The van der Waals surface area contributed by atoms with Crippen molar-refractivity contribution in [2.45, 2.75) is 63.5 Å². The van der Waals surface area contributed by atoms with Crippen molar-refractivity contribution < 1.29 is 9.00 Å². The standard InChI is InChI=1S/C17H26N4O2S/c1-2-21-15(13-5-6-13)11-14(19-21)16(22)20-9-3-7-17(20)8-4-10-24(18,23)12-17/h11,13,18H,2-10,12H2,1H3. The van der Waals surface area contributed by atoms with Gasteiger partial charge in [-0.05, 0) is 51.5 Å². The summed E-state index contributed by atoms with van der Waals surface area (Å²) in [6.07, 6.45) is 5.84. The lowest BCUT2D eigenvalue weighted by Crippen LogP contribution is -2.54. The molecular weight excluding hydrogens is 324 g/mol. The molecule has 1 spiro atoms. The van der Waals surface area contributed by atoms with E-state index in [0.717, 1.165) is 32.2 Å². The van der Waals surface area contributed by atoms with Gasteiger partial charge in [0.15, 0.2) is 5.69 Å². The third kappa shape index (κ3) is 2.66. The van der Waals surface area contributed by atoms with Gasteiger partial charge in [0.1, 0.15) is 0 Å². The second-order valence-corrected chi connectivity index (χ2v) is 9.91. The van der Waals surface area contributed by atoms with Gasteiger partial charge in [0.25, 0.3) is 5.91 Å². The van der Waals surface area contributed by atoms with Crippen LogP contribution in [0.2, 0.25) is 0 Å². The van der Waals surface area contributed by atoms with Crippen molar-refractivity contribution in [3.8, 4) is 0 Å². The third-order valence-electron chi connectivity index (χ3n) is 5.78. The first-order valence-electron chi connectivity index (χ1n) is 9.08. The Kier molecular flexibility index (Phi) is 3.74. The molecule has 24 heavy (non-hydrogen) atoms. The minimum absolute atomic E-state index is 0.0290. The topological polar surface area (TPSA) is 79.1 Å². The van der Waals surface area contributed by atoms with Gasteiger partial charge >= 0.3 is 0 Å². The monoisotopic (exact) mass is 350 g/mol. The molecule has 2 aliphatic heterocycles. The summed E-state index contributed by atoms with van der Waals surface area (Å²) in [5, 5.41) is 4.56. The van der Waals surface area contributed by atoms with Gasteiger partial charge in [0.2, 0.25) is 0 Å². The highest BCUT2D eigenvalue weighted by Crippen LogP contribution is 2.42. The minimum Gasteiger partial charge on any atom is -0.331 e. The van der Waals surface area contributed by atoms with Gasteiger partial charge in [-0.25, -0.2) is 4.21 Å². The Morgan fingerprint density at radius 2 is 2.17 bits per heavy atom. The van der Waals surface area contributed by atoms with Crippen molar-refractivity contribution in [2.24, 2.45) is 0 Å². The van der Waals surface area contributed by atoms with Gasteiger partial charge in [0, 0.05) is 40.2 Å². The SMILES string of the molecule is CCn1nc(C(=O)N2CCCC23CCCS(=N)(=O)C3)cc1C1CC1. The van der Waals surface area contributed by atoms with Crippen molar-refractivity contribution in [3.05, 3.63) is 17.5 Å². The number of hydrogen-bond acceptors (Lipinski definition) is 4. The molecule has 3 aliphatic rings. The number of hydrogen-bond donors (Lipinski definition) is 1. The summed E-state index contributed by atoms with van der Waals surface area (Å²) in [7, 11) is -2.55. The first kappa shape index (κ1) is 16.1. The number of nitrogens with one attached hydrogen (secondary N) is 1. The Morgan fingerprint density at radius 3 is 2.83 bits per heavy atom. The molecule has 2 atom stereocenters. The summed E-state index contributed by atoms with van der Waals surface area (Å²) in [6.45, 7) is 3.54. The Balaban J connectivity index is 1.64. The second kappa shape index (κ2) is 5.58. The van der Waals surface area contributed by atoms with E-state index in [1.165, 1.54) is 18.5 Å². The molecule has 0 aromatic carbocycles. The third-order valence-corrected chi connectivity index (χ3v) is 7.74. The van der Waals surface area contributed by atoms with Crippen LogP contribution in [0.5, 0.6) is 0 Å². The van der Waals surface area contributed by atoms with E-state index < -0.39 is 9.73 Å². The molecule has 1 aliphatic carbocycles. The average Bonchev–Trinajstić information content (AvgIpc) is 3.16. The van der Waals surface area contributed by atoms with Crippen LogP contribution in [0.4, 0.5) is 0 Å². The molecule has 1 aromatic heterocycles. The molecule has 2 unspecified atom stereocenters. The summed E-state index contributed by atoms with van der Waals surface area (Å²) in [5.41, 5.74) is 1.34. The van der Waals surface area contributed by atoms with E-state index in [1.807, 2.05) is 15.6 Å². The molecule has 3 heterocycles. The molecule has 0 radical (unpaired) electrons. The largest absolute Gasteiger partial charge is 0.331 e. The molecule has 3 fully saturated rings. The summed E-state index contributed by atoms with van der Waals surface area (Å²) in [4.78, 5) is 15.1. The fourth-order valence-electron chi connectivity index (χ4n) is 4.51. The summed E-state index contributed by atoms with van der Waals surface area (Å²) in [5.74, 6) is 1.36. The van der Waals surface area contributed by atoms with Crippen LogP contribution >= 0.6 is 0 Å². The Labute approximate surface area is 143 Å². The maximum atomic E-state index is 13.2. The number of likely N-dealkylation sites (tertiary alicyclic amines) is 1. The molecule has 4 rings (SSSR count). The van der Waals surface area contributed by atoms with Crippen LogP contribution in [-0.4, -0.2) is 48.4 Å². The van der Waals surface area contributed by atoms with E-state index in [4.69, 9.17) is 4.78 Å². The van der Waals surface area contributed by atoms with Crippen LogP contribution in [0.25, 0.3) is 0 Å².